The summed E-state index contributed by atoms with van der Waals surface area (Å²) in [6.07, 6.45) is -20.0. The monoisotopic (exact) mass is 440 g/mol. The van der Waals surface area contributed by atoms with E-state index in [-0.39, 0.29) is 0 Å². The van der Waals surface area contributed by atoms with Crippen LogP contribution in [-0.2, 0) is 18.9 Å². The molecule has 2 heterocycles. The Morgan fingerprint density at radius 1 is 0.643 bits per heavy atom. The molecule has 16 heteroatoms. The fourth-order valence-electron chi connectivity index (χ4n) is 1.73. The van der Waals surface area contributed by atoms with Gasteiger partial charge in [0.2, 0.25) is 0 Å². The average molecular weight is 440 g/mol. The Balaban J connectivity index is 0.000000280. The van der Waals surface area contributed by atoms with Crippen molar-refractivity contribution in [2.24, 2.45) is 0 Å². The van der Waals surface area contributed by atoms with E-state index in [1.165, 1.54) is 0 Å². The van der Waals surface area contributed by atoms with Crippen LogP contribution in [0.1, 0.15) is 12.8 Å². The first kappa shape index (κ1) is 23.9. The third kappa shape index (κ3) is 6.47. The summed E-state index contributed by atoms with van der Waals surface area (Å²) in [6, 6.07) is 0. The molecule has 0 aliphatic carbocycles. The minimum Gasteiger partial charge on any atom is -0.430 e. The molecule has 0 spiro atoms. The molecule has 0 saturated carbocycles. The van der Waals surface area contributed by atoms with E-state index in [0.717, 1.165) is 0 Å². The Labute approximate surface area is 148 Å². The van der Waals surface area contributed by atoms with Gasteiger partial charge >= 0.3 is 36.5 Å². The summed E-state index contributed by atoms with van der Waals surface area (Å²) in [5.74, 6) is -9.74. The molecule has 28 heavy (non-hydrogen) atoms. The van der Waals surface area contributed by atoms with Gasteiger partial charge in [0, 0.05) is 0 Å². The van der Waals surface area contributed by atoms with Gasteiger partial charge in [-0.3, -0.25) is 0 Å². The largest absolute Gasteiger partial charge is 0.508 e. The molecular formula is C12H10F10O6. The van der Waals surface area contributed by atoms with E-state index < -0.39 is 74.8 Å². The second kappa shape index (κ2) is 8.06. The first-order valence-corrected chi connectivity index (χ1v) is 7.00. The van der Waals surface area contributed by atoms with Crippen LogP contribution in [-0.4, -0.2) is 61.9 Å². The van der Waals surface area contributed by atoms with Crippen LogP contribution in [0.3, 0.4) is 0 Å². The minimum atomic E-state index is -5.64. The normalized spacial score (nSPS) is 23.2. The van der Waals surface area contributed by atoms with E-state index in [0.29, 0.717) is 0 Å². The van der Waals surface area contributed by atoms with Crippen LogP contribution in [0.25, 0.3) is 0 Å². The van der Waals surface area contributed by atoms with Crippen LogP contribution in [0.4, 0.5) is 53.5 Å². The Bertz CT molecular complexity index is 522. The molecule has 0 aromatic rings. The molecule has 0 amide bonds. The molecule has 0 radical (unpaired) electrons. The molecule has 2 unspecified atom stereocenters. The molecule has 2 fully saturated rings. The molecular weight excluding hydrogens is 430 g/mol. The molecule has 2 rings (SSSR count). The van der Waals surface area contributed by atoms with Crippen molar-refractivity contribution < 1.29 is 72.4 Å². The lowest BCUT2D eigenvalue weighted by Gasteiger charge is -2.20. The number of alkyl halides is 10. The first-order chi connectivity index (χ1) is 12.4. The van der Waals surface area contributed by atoms with Gasteiger partial charge in [0.05, 0.1) is 12.8 Å². The Hall–Kier alpha value is -2.16. The Morgan fingerprint density at radius 3 is 1.11 bits per heavy atom. The SMILES string of the molecule is O=C1OCC(CC(F)(F)C(F)(F)F)O1.O=C1OCC(CC(F)(F)C(F)(F)F)O1. The van der Waals surface area contributed by atoms with Crippen molar-refractivity contribution in [3.05, 3.63) is 0 Å². The smallest absolute Gasteiger partial charge is 0.430 e. The van der Waals surface area contributed by atoms with Crippen LogP contribution in [0.15, 0.2) is 0 Å². The maximum atomic E-state index is 12.3. The van der Waals surface area contributed by atoms with E-state index >= 15 is 0 Å². The maximum absolute atomic E-state index is 12.3. The molecule has 2 saturated heterocycles. The number of ether oxygens (including phenoxy) is 4. The number of rotatable bonds is 4. The third-order valence-corrected chi connectivity index (χ3v) is 3.10. The van der Waals surface area contributed by atoms with Crippen molar-refractivity contribution in [1.29, 1.82) is 0 Å². The van der Waals surface area contributed by atoms with E-state index in [1.54, 1.807) is 0 Å². The summed E-state index contributed by atoms with van der Waals surface area (Å²) in [5, 5.41) is 0. The van der Waals surface area contributed by atoms with Crippen molar-refractivity contribution in [2.75, 3.05) is 13.2 Å². The summed E-state index contributed by atoms with van der Waals surface area (Å²) in [7, 11) is 0. The molecule has 6 nitrogen and oxygen atoms in total. The lowest BCUT2D eigenvalue weighted by Crippen LogP contribution is -2.40. The zero-order chi connectivity index (χ0) is 22.0. The van der Waals surface area contributed by atoms with Gasteiger partial charge in [-0.25, -0.2) is 9.59 Å². The van der Waals surface area contributed by atoms with Gasteiger partial charge < -0.3 is 18.9 Å². The molecule has 164 valence electrons. The number of carbonyl (C=O) groups is 2. The highest BCUT2D eigenvalue weighted by Gasteiger charge is 2.60. The fourth-order valence-corrected chi connectivity index (χ4v) is 1.73. The number of hydrogen-bond acceptors (Lipinski definition) is 6. The van der Waals surface area contributed by atoms with E-state index in [4.69, 9.17) is 0 Å². The van der Waals surface area contributed by atoms with Crippen molar-refractivity contribution >= 4 is 12.3 Å². The summed E-state index contributed by atoms with van der Waals surface area (Å²) >= 11 is 0. The molecule has 2 atom stereocenters. The van der Waals surface area contributed by atoms with E-state index in [1.807, 2.05) is 0 Å². The number of hydrogen-bond donors (Lipinski definition) is 0. The van der Waals surface area contributed by atoms with Gasteiger partial charge in [0.25, 0.3) is 0 Å². The van der Waals surface area contributed by atoms with Crippen LogP contribution in [0.5, 0.6) is 0 Å². The van der Waals surface area contributed by atoms with Gasteiger partial charge in [0.15, 0.2) is 0 Å². The van der Waals surface area contributed by atoms with Crippen molar-refractivity contribution in [1.82, 2.24) is 0 Å². The average Bonchev–Trinajstić information content (AvgIpc) is 3.05. The topological polar surface area (TPSA) is 71.1 Å². The lowest BCUT2D eigenvalue weighted by molar-refractivity contribution is -0.289. The van der Waals surface area contributed by atoms with Gasteiger partial charge in [-0.15, -0.1) is 0 Å². The number of carbonyl (C=O) groups excluding carboxylic acids is 2. The number of cyclic esters (lactones) is 4. The lowest BCUT2D eigenvalue weighted by atomic mass is 10.1. The summed E-state index contributed by atoms with van der Waals surface area (Å²) < 4.78 is 135. The zero-order valence-corrected chi connectivity index (χ0v) is 13.2. The van der Waals surface area contributed by atoms with E-state index in [9.17, 15) is 53.5 Å². The zero-order valence-electron chi connectivity index (χ0n) is 13.2. The minimum absolute atomic E-state index is 0.579. The second-order valence-corrected chi connectivity index (χ2v) is 5.41. The van der Waals surface area contributed by atoms with E-state index in [2.05, 4.69) is 18.9 Å². The van der Waals surface area contributed by atoms with Gasteiger partial charge in [-0.1, -0.05) is 0 Å². The first-order valence-electron chi connectivity index (χ1n) is 7.00. The van der Waals surface area contributed by atoms with Crippen molar-refractivity contribution in [2.45, 2.75) is 49.2 Å². The van der Waals surface area contributed by atoms with Crippen molar-refractivity contribution in [3.63, 3.8) is 0 Å². The van der Waals surface area contributed by atoms with Crippen LogP contribution in [0, 0.1) is 0 Å². The van der Waals surface area contributed by atoms with Gasteiger partial charge in [-0.2, -0.15) is 43.9 Å². The van der Waals surface area contributed by atoms with Crippen molar-refractivity contribution in [3.8, 4) is 0 Å². The summed E-state index contributed by atoms with van der Waals surface area (Å²) in [5.41, 5.74) is 0. The fraction of sp³-hybridized carbons (Fsp3) is 0.833. The molecule has 2 aliphatic heterocycles. The molecule has 0 aromatic carbocycles. The highest BCUT2D eigenvalue weighted by atomic mass is 19.4. The molecule has 2 aliphatic rings. The molecule has 0 aromatic heterocycles. The Kier molecular flexibility index (Phi) is 6.88. The predicted octanol–water partition coefficient (Wildman–Crippen LogP) is 4.22. The highest BCUT2D eigenvalue weighted by Crippen LogP contribution is 2.40. The molecule has 0 N–H and O–H groups in total. The number of halogens is 10. The highest BCUT2D eigenvalue weighted by molar-refractivity contribution is 5.62. The predicted molar refractivity (Wildman–Crippen MR) is 63.7 cm³/mol. The maximum Gasteiger partial charge on any atom is 0.508 e. The summed E-state index contributed by atoms with van der Waals surface area (Å²) in [4.78, 5) is 20.4. The standard InChI is InChI=1S/2C6H5F5O3/c2*7-5(8,6(9,10)11)1-3-2-13-4(12)14-3/h2*3H,1-2H2. The summed E-state index contributed by atoms with van der Waals surface area (Å²) in [6.45, 7) is -1.16. The molecule has 0 bridgehead atoms. The van der Waals surface area contributed by atoms with Gasteiger partial charge in [0.1, 0.15) is 25.4 Å². The second-order valence-electron chi connectivity index (χ2n) is 5.41. The van der Waals surface area contributed by atoms with Gasteiger partial charge in [-0.05, 0) is 0 Å². The third-order valence-electron chi connectivity index (χ3n) is 3.10. The van der Waals surface area contributed by atoms with Crippen LogP contribution < -0.4 is 0 Å². The quantitative estimate of drug-likeness (QED) is 0.482. The van der Waals surface area contributed by atoms with Crippen LogP contribution in [0.2, 0.25) is 0 Å². The van der Waals surface area contributed by atoms with Crippen LogP contribution >= 0.6 is 0 Å². The Morgan fingerprint density at radius 2 is 0.929 bits per heavy atom.